The van der Waals surface area contributed by atoms with Crippen LogP contribution in [0.3, 0.4) is 0 Å². The molecule has 0 aliphatic rings. The lowest BCUT2D eigenvalue weighted by atomic mass is 10.1. The molecule has 0 saturated carbocycles. The molecule has 210 valence electrons. The number of nitrogens with one attached hydrogen (secondary N) is 2. The van der Waals surface area contributed by atoms with Gasteiger partial charge in [0.25, 0.3) is 0 Å². The summed E-state index contributed by atoms with van der Waals surface area (Å²) in [5.41, 5.74) is 12.7. The van der Waals surface area contributed by atoms with Crippen molar-refractivity contribution < 1.29 is 8.83 Å². The Morgan fingerprint density at radius 1 is 0.432 bits per heavy atom. The van der Waals surface area contributed by atoms with Gasteiger partial charge >= 0.3 is 0 Å². The summed E-state index contributed by atoms with van der Waals surface area (Å²) in [4.78, 5) is 25.9. The molecule has 8 heteroatoms. The smallest absolute Gasteiger partial charge is 0.227 e. The Balaban J connectivity index is 1.01. The van der Waals surface area contributed by atoms with Gasteiger partial charge in [-0.05, 0) is 67.9 Å². The van der Waals surface area contributed by atoms with Crippen LogP contribution in [0.5, 0.6) is 0 Å². The first-order chi connectivity index (χ1) is 21.5. The summed E-state index contributed by atoms with van der Waals surface area (Å²) in [6, 6.07) is 32.3. The Morgan fingerprint density at radius 2 is 0.932 bits per heavy atom. The van der Waals surface area contributed by atoms with E-state index in [-0.39, 0.29) is 0 Å². The highest BCUT2D eigenvalue weighted by Gasteiger charge is 2.16. The van der Waals surface area contributed by atoms with Crippen LogP contribution in [-0.2, 0) is 0 Å². The number of aromatic nitrogens is 6. The van der Waals surface area contributed by atoms with Crippen LogP contribution in [0.4, 0.5) is 0 Å². The van der Waals surface area contributed by atoms with Crippen LogP contribution in [0.1, 0.15) is 11.1 Å². The average molecular weight is 573 g/mol. The zero-order valence-corrected chi connectivity index (χ0v) is 23.8. The van der Waals surface area contributed by atoms with E-state index in [1.54, 1.807) is 0 Å². The van der Waals surface area contributed by atoms with E-state index in [0.717, 1.165) is 67.0 Å². The highest BCUT2D eigenvalue weighted by Crippen LogP contribution is 2.32. The first kappa shape index (κ1) is 24.6. The van der Waals surface area contributed by atoms with E-state index >= 15 is 0 Å². The molecule has 4 aromatic heterocycles. The summed E-state index contributed by atoms with van der Waals surface area (Å²) < 4.78 is 12.2. The second-order valence-corrected chi connectivity index (χ2v) is 11.2. The van der Waals surface area contributed by atoms with Crippen molar-refractivity contribution in [3.8, 4) is 45.7 Å². The van der Waals surface area contributed by atoms with Gasteiger partial charge in [0.05, 0.1) is 22.1 Å². The first-order valence-corrected chi connectivity index (χ1v) is 14.4. The van der Waals surface area contributed by atoms with Crippen molar-refractivity contribution in [2.45, 2.75) is 13.8 Å². The fourth-order valence-corrected chi connectivity index (χ4v) is 5.61. The van der Waals surface area contributed by atoms with E-state index in [2.05, 4.69) is 71.3 Å². The predicted molar refractivity (Wildman–Crippen MR) is 172 cm³/mol. The topological polar surface area (TPSA) is 109 Å². The van der Waals surface area contributed by atoms with Crippen LogP contribution in [0, 0.1) is 13.8 Å². The summed E-state index contributed by atoms with van der Waals surface area (Å²) in [7, 11) is 0. The van der Waals surface area contributed by atoms with Crippen LogP contribution in [0.15, 0.2) is 106 Å². The normalized spacial score (nSPS) is 11.9. The minimum atomic E-state index is 0.517. The van der Waals surface area contributed by atoms with Crippen LogP contribution in [0.25, 0.3) is 90.0 Å². The van der Waals surface area contributed by atoms with Gasteiger partial charge in [-0.1, -0.05) is 48.0 Å². The number of nitrogens with zero attached hydrogens (tertiary/aromatic N) is 4. The molecule has 0 spiro atoms. The van der Waals surface area contributed by atoms with Gasteiger partial charge in [0.15, 0.2) is 11.2 Å². The minimum Gasteiger partial charge on any atom is -0.436 e. The van der Waals surface area contributed by atoms with Gasteiger partial charge in [-0.2, -0.15) is 0 Å². The number of hydrogen-bond acceptors (Lipinski definition) is 6. The maximum atomic E-state index is 6.17. The maximum absolute atomic E-state index is 6.17. The fraction of sp³-hybridized carbons (Fsp3) is 0.0556. The highest BCUT2D eigenvalue weighted by atomic mass is 16.4. The number of fused-ring (bicyclic) bond motifs is 4. The van der Waals surface area contributed by atoms with Crippen molar-refractivity contribution in [1.29, 1.82) is 0 Å². The molecule has 0 aliphatic heterocycles. The molecule has 0 fully saturated rings. The third-order valence-electron chi connectivity index (χ3n) is 8.00. The molecule has 0 saturated heterocycles. The molecular weight excluding hydrogens is 548 g/mol. The number of rotatable bonds is 4. The van der Waals surface area contributed by atoms with Crippen molar-refractivity contribution >= 4 is 44.3 Å². The van der Waals surface area contributed by atoms with Crippen LogP contribution in [-0.4, -0.2) is 29.9 Å². The molecule has 44 heavy (non-hydrogen) atoms. The van der Waals surface area contributed by atoms with Crippen LogP contribution < -0.4 is 0 Å². The third kappa shape index (κ3) is 4.07. The van der Waals surface area contributed by atoms with Gasteiger partial charge in [0.1, 0.15) is 22.7 Å². The van der Waals surface area contributed by atoms with Gasteiger partial charge in [-0.3, -0.25) is 0 Å². The van der Waals surface area contributed by atoms with Crippen molar-refractivity contribution in [1.82, 2.24) is 29.9 Å². The molecule has 5 aromatic carbocycles. The second kappa shape index (κ2) is 9.24. The zero-order valence-electron chi connectivity index (χ0n) is 23.8. The Morgan fingerprint density at radius 3 is 1.57 bits per heavy atom. The minimum absolute atomic E-state index is 0.517. The largest absolute Gasteiger partial charge is 0.436 e. The van der Waals surface area contributed by atoms with Crippen LogP contribution >= 0.6 is 0 Å². The molecule has 4 heterocycles. The number of benzene rings is 5. The quantitative estimate of drug-likeness (QED) is 0.218. The van der Waals surface area contributed by atoms with Gasteiger partial charge in [-0.15, -0.1) is 0 Å². The Hall–Kier alpha value is -6.02. The van der Waals surface area contributed by atoms with Gasteiger partial charge in [-0.25, -0.2) is 19.9 Å². The van der Waals surface area contributed by atoms with Gasteiger partial charge in [0.2, 0.25) is 11.8 Å². The summed E-state index contributed by atoms with van der Waals surface area (Å²) in [5.74, 6) is 2.73. The standard InChI is InChI=1S/C36H24N6O2/c1-19-3-6-23(7-4-19)35-41-29-17-30-32(18-31(29)43-35)44-36(42-30)24-12-14-26-28(16-24)40-34(38-26)22-10-8-21(9-11-22)33-37-25-13-5-20(2)15-27(25)39-33/h3-18H,1-2H3,(H,37,39)(H,38,40). The van der Waals surface area contributed by atoms with Gasteiger partial charge < -0.3 is 18.8 Å². The van der Waals surface area contributed by atoms with Crippen molar-refractivity contribution in [2.75, 3.05) is 0 Å². The van der Waals surface area contributed by atoms with E-state index in [4.69, 9.17) is 23.8 Å². The second-order valence-electron chi connectivity index (χ2n) is 11.2. The molecule has 0 aliphatic carbocycles. The molecule has 9 aromatic rings. The molecular formula is C36H24N6O2. The lowest BCUT2D eigenvalue weighted by Crippen LogP contribution is -1.83. The molecule has 9 rings (SSSR count). The molecule has 2 N–H and O–H groups in total. The number of H-pyrrole nitrogens is 2. The lowest BCUT2D eigenvalue weighted by Gasteiger charge is -1.99. The SMILES string of the molecule is Cc1ccc(-c2nc3cc4nc(-c5ccc6[nH]c(-c7ccc(-c8nc9cc(C)ccc9[nH]8)cc7)nc6c5)oc4cc3o2)cc1. The fourth-order valence-electron chi connectivity index (χ4n) is 5.61. The Kier molecular flexibility index (Phi) is 5.16. The molecule has 0 radical (unpaired) electrons. The molecule has 0 amide bonds. The third-order valence-corrected chi connectivity index (χ3v) is 8.00. The molecule has 8 nitrogen and oxygen atoms in total. The summed E-state index contributed by atoms with van der Waals surface area (Å²) >= 11 is 0. The number of aromatic amines is 2. The van der Waals surface area contributed by atoms with E-state index < -0.39 is 0 Å². The highest BCUT2D eigenvalue weighted by molar-refractivity contribution is 5.92. The van der Waals surface area contributed by atoms with E-state index in [1.807, 2.05) is 54.6 Å². The van der Waals surface area contributed by atoms with E-state index in [9.17, 15) is 0 Å². The molecule has 0 unspecified atom stereocenters. The molecule has 0 bridgehead atoms. The Bertz CT molecular complexity index is 2460. The number of imidazole rings is 2. The number of aryl methyl sites for hydroxylation is 2. The van der Waals surface area contributed by atoms with Crippen molar-refractivity contribution in [3.63, 3.8) is 0 Å². The Labute approximate surface area is 250 Å². The van der Waals surface area contributed by atoms with E-state index in [1.165, 1.54) is 11.1 Å². The van der Waals surface area contributed by atoms with Gasteiger partial charge in [0, 0.05) is 28.3 Å². The predicted octanol–water partition coefficient (Wildman–Crippen LogP) is 9.01. The summed E-state index contributed by atoms with van der Waals surface area (Å²) in [5, 5.41) is 0. The first-order valence-electron chi connectivity index (χ1n) is 14.4. The summed E-state index contributed by atoms with van der Waals surface area (Å²) in [6.07, 6.45) is 0. The monoisotopic (exact) mass is 572 g/mol. The van der Waals surface area contributed by atoms with E-state index in [0.29, 0.717) is 22.9 Å². The number of oxazole rings is 2. The average Bonchev–Trinajstić information content (AvgIpc) is 3.83. The van der Waals surface area contributed by atoms with Crippen molar-refractivity contribution in [2.24, 2.45) is 0 Å². The number of hydrogen-bond donors (Lipinski definition) is 2. The molecule has 0 atom stereocenters. The summed E-state index contributed by atoms with van der Waals surface area (Å²) in [6.45, 7) is 4.13. The lowest BCUT2D eigenvalue weighted by molar-refractivity contribution is 0.609. The van der Waals surface area contributed by atoms with Crippen molar-refractivity contribution in [3.05, 3.63) is 108 Å². The maximum Gasteiger partial charge on any atom is 0.227 e. The van der Waals surface area contributed by atoms with Crippen LogP contribution in [0.2, 0.25) is 0 Å². The zero-order chi connectivity index (χ0) is 29.4.